The number of hydrogen-bond acceptors (Lipinski definition) is 3. The van der Waals surface area contributed by atoms with Crippen LogP contribution in [0.5, 0.6) is 0 Å². The van der Waals surface area contributed by atoms with Gasteiger partial charge in [0.1, 0.15) is 5.82 Å². The van der Waals surface area contributed by atoms with Gasteiger partial charge < -0.3 is 11.1 Å². The van der Waals surface area contributed by atoms with Gasteiger partial charge in [-0.05, 0) is 56.8 Å². The maximum atomic E-state index is 13.0. The molecule has 21 heavy (non-hydrogen) atoms. The summed E-state index contributed by atoms with van der Waals surface area (Å²) in [6.07, 6.45) is 4.73. The minimum absolute atomic E-state index is 0.116. The molecule has 4 nitrogen and oxygen atoms in total. The Morgan fingerprint density at radius 3 is 2.67 bits per heavy atom. The summed E-state index contributed by atoms with van der Waals surface area (Å²) >= 11 is 0. The van der Waals surface area contributed by atoms with Gasteiger partial charge >= 0.3 is 0 Å². The number of nitrogens with one attached hydrogen (secondary N) is 1. The predicted octanol–water partition coefficient (Wildman–Crippen LogP) is 2.86. The average Bonchev–Trinajstić information content (AvgIpc) is 2.42. The normalized spacial score (nSPS) is 22.3. The molecule has 1 aliphatic carbocycles. The molecule has 0 unspecified atom stereocenters. The third-order valence-corrected chi connectivity index (χ3v) is 4.29. The predicted molar refractivity (Wildman–Crippen MR) is 83.5 cm³/mol. The van der Waals surface area contributed by atoms with Crippen molar-refractivity contribution in [2.75, 3.05) is 24.6 Å². The van der Waals surface area contributed by atoms with Crippen molar-refractivity contribution >= 4 is 17.3 Å². The maximum Gasteiger partial charge on any atom is 0.238 e. The van der Waals surface area contributed by atoms with E-state index in [1.54, 1.807) is 0 Å². The molecule has 5 heteroatoms. The fraction of sp³-hybridized carbons (Fsp3) is 0.562. The monoisotopic (exact) mass is 293 g/mol. The summed E-state index contributed by atoms with van der Waals surface area (Å²) in [6, 6.07) is 4.46. The first kappa shape index (κ1) is 15.8. The molecule has 0 spiro atoms. The van der Waals surface area contributed by atoms with Crippen molar-refractivity contribution in [3.8, 4) is 0 Å². The molecule has 1 aromatic rings. The number of hydrogen-bond donors (Lipinski definition) is 2. The van der Waals surface area contributed by atoms with Gasteiger partial charge in [0, 0.05) is 6.04 Å². The second kappa shape index (κ2) is 6.89. The van der Waals surface area contributed by atoms with Crippen molar-refractivity contribution in [2.45, 2.75) is 38.6 Å². The standard InChI is InChI=1S/C16H24FN3O/c1-11-3-6-13(7-4-11)20(2)10-16(21)19-15-8-5-12(17)9-14(15)18/h5,8-9,11,13H,3-4,6-7,10,18H2,1-2H3,(H,19,21). The van der Waals surface area contributed by atoms with Crippen molar-refractivity contribution in [1.29, 1.82) is 0 Å². The number of carbonyl (C=O) groups excluding carboxylic acids is 1. The van der Waals surface area contributed by atoms with E-state index in [1.807, 2.05) is 7.05 Å². The first-order chi connectivity index (χ1) is 9.95. The zero-order valence-electron chi connectivity index (χ0n) is 12.7. The lowest BCUT2D eigenvalue weighted by atomic mass is 9.87. The summed E-state index contributed by atoms with van der Waals surface area (Å²) in [6.45, 7) is 2.61. The molecule has 0 bridgehead atoms. The highest BCUT2D eigenvalue weighted by atomic mass is 19.1. The largest absolute Gasteiger partial charge is 0.397 e. The summed E-state index contributed by atoms with van der Waals surface area (Å²) in [7, 11) is 1.98. The highest BCUT2D eigenvalue weighted by molar-refractivity contribution is 5.95. The lowest BCUT2D eigenvalue weighted by Gasteiger charge is -2.33. The van der Waals surface area contributed by atoms with E-state index < -0.39 is 5.82 Å². The molecule has 1 fully saturated rings. The van der Waals surface area contributed by atoms with Crippen LogP contribution in [-0.2, 0) is 4.79 Å². The Morgan fingerprint density at radius 1 is 1.38 bits per heavy atom. The van der Waals surface area contributed by atoms with Gasteiger partial charge in [-0.25, -0.2) is 4.39 Å². The van der Waals surface area contributed by atoms with Crippen molar-refractivity contribution in [3.63, 3.8) is 0 Å². The number of carbonyl (C=O) groups is 1. The van der Waals surface area contributed by atoms with E-state index in [1.165, 1.54) is 31.0 Å². The summed E-state index contributed by atoms with van der Waals surface area (Å²) in [4.78, 5) is 14.2. The number of anilines is 2. The van der Waals surface area contributed by atoms with E-state index in [0.717, 1.165) is 18.8 Å². The molecule has 116 valence electrons. The number of nitrogens with zero attached hydrogens (tertiary/aromatic N) is 1. The molecule has 2 rings (SSSR count). The van der Waals surface area contributed by atoms with Gasteiger partial charge in [-0.3, -0.25) is 9.69 Å². The SMILES string of the molecule is CC1CCC(N(C)CC(=O)Nc2ccc(F)cc2N)CC1. The van der Waals surface area contributed by atoms with Crippen LogP contribution in [0.25, 0.3) is 0 Å². The van der Waals surface area contributed by atoms with Crippen LogP contribution in [0.15, 0.2) is 18.2 Å². The van der Waals surface area contributed by atoms with Crippen molar-refractivity contribution < 1.29 is 9.18 Å². The summed E-state index contributed by atoms with van der Waals surface area (Å²) < 4.78 is 13.0. The number of rotatable bonds is 4. The topological polar surface area (TPSA) is 58.4 Å². The molecule has 0 saturated heterocycles. The van der Waals surface area contributed by atoms with Gasteiger partial charge in [0.05, 0.1) is 17.9 Å². The van der Waals surface area contributed by atoms with Gasteiger partial charge in [0.15, 0.2) is 0 Å². The fourth-order valence-electron chi connectivity index (χ4n) is 2.88. The quantitative estimate of drug-likeness (QED) is 0.839. The van der Waals surface area contributed by atoms with E-state index in [2.05, 4.69) is 17.1 Å². The number of nitrogen functional groups attached to an aromatic ring is 1. The Kier molecular flexibility index (Phi) is 5.17. The zero-order chi connectivity index (χ0) is 15.4. The minimum atomic E-state index is -0.404. The van der Waals surface area contributed by atoms with Gasteiger partial charge in [0.25, 0.3) is 0 Å². The highest BCUT2D eigenvalue weighted by Gasteiger charge is 2.23. The summed E-state index contributed by atoms with van der Waals surface area (Å²) in [5.74, 6) is 0.274. The summed E-state index contributed by atoms with van der Waals surface area (Å²) in [5, 5.41) is 2.74. The lowest BCUT2D eigenvalue weighted by Crippen LogP contribution is -2.39. The Morgan fingerprint density at radius 2 is 2.05 bits per heavy atom. The van der Waals surface area contributed by atoms with E-state index in [-0.39, 0.29) is 11.6 Å². The van der Waals surface area contributed by atoms with Gasteiger partial charge in [-0.2, -0.15) is 0 Å². The zero-order valence-corrected chi connectivity index (χ0v) is 12.7. The molecule has 0 heterocycles. The third kappa shape index (κ3) is 4.43. The molecule has 1 aromatic carbocycles. The average molecular weight is 293 g/mol. The van der Waals surface area contributed by atoms with Crippen LogP contribution in [0.4, 0.5) is 15.8 Å². The van der Waals surface area contributed by atoms with Crippen LogP contribution in [-0.4, -0.2) is 30.4 Å². The highest BCUT2D eigenvalue weighted by Crippen LogP contribution is 2.26. The van der Waals surface area contributed by atoms with Crippen LogP contribution in [0, 0.1) is 11.7 Å². The Labute approximate surface area is 125 Å². The third-order valence-electron chi connectivity index (χ3n) is 4.29. The molecular formula is C16H24FN3O. The molecule has 0 aromatic heterocycles. The van der Waals surface area contributed by atoms with Crippen LogP contribution in [0.1, 0.15) is 32.6 Å². The number of likely N-dealkylation sites (N-methyl/N-ethyl adjacent to an activating group) is 1. The van der Waals surface area contributed by atoms with E-state index in [4.69, 9.17) is 5.73 Å². The number of nitrogens with two attached hydrogens (primary N) is 1. The van der Waals surface area contributed by atoms with Crippen molar-refractivity contribution in [2.24, 2.45) is 5.92 Å². The Bertz CT molecular complexity index is 498. The first-order valence-corrected chi connectivity index (χ1v) is 7.51. The number of halogens is 1. The molecule has 0 radical (unpaired) electrons. The van der Waals surface area contributed by atoms with Gasteiger partial charge in [0.2, 0.25) is 5.91 Å². The van der Waals surface area contributed by atoms with E-state index >= 15 is 0 Å². The summed E-state index contributed by atoms with van der Waals surface area (Å²) in [5.41, 5.74) is 6.40. The van der Waals surface area contributed by atoms with Gasteiger partial charge in [-0.15, -0.1) is 0 Å². The smallest absolute Gasteiger partial charge is 0.238 e. The Balaban J connectivity index is 1.86. The van der Waals surface area contributed by atoms with Crippen LogP contribution < -0.4 is 11.1 Å². The lowest BCUT2D eigenvalue weighted by molar-refractivity contribution is -0.117. The second-order valence-electron chi connectivity index (χ2n) is 6.11. The molecule has 0 aliphatic heterocycles. The maximum absolute atomic E-state index is 13.0. The Hall–Kier alpha value is -1.62. The molecular weight excluding hydrogens is 269 g/mol. The van der Waals surface area contributed by atoms with Crippen molar-refractivity contribution in [1.82, 2.24) is 4.90 Å². The van der Waals surface area contributed by atoms with E-state index in [9.17, 15) is 9.18 Å². The van der Waals surface area contributed by atoms with Crippen LogP contribution >= 0.6 is 0 Å². The number of benzene rings is 1. The first-order valence-electron chi connectivity index (χ1n) is 7.51. The van der Waals surface area contributed by atoms with Crippen LogP contribution in [0.3, 0.4) is 0 Å². The molecule has 1 saturated carbocycles. The number of amides is 1. The second-order valence-corrected chi connectivity index (χ2v) is 6.11. The fourth-order valence-corrected chi connectivity index (χ4v) is 2.88. The van der Waals surface area contributed by atoms with Crippen LogP contribution in [0.2, 0.25) is 0 Å². The minimum Gasteiger partial charge on any atom is -0.397 e. The molecule has 0 atom stereocenters. The molecule has 3 N–H and O–H groups in total. The van der Waals surface area contributed by atoms with Crippen molar-refractivity contribution in [3.05, 3.63) is 24.0 Å². The van der Waals surface area contributed by atoms with Gasteiger partial charge in [-0.1, -0.05) is 6.92 Å². The molecule has 1 aliphatic rings. The molecule has 1 amide bonds. The van der Waals surface area contributed by atoms with E-state index in [0.29, 0.717) is 18.3 Å².